The Kier molecular flexibility index (Phi) is 8.76. The standard InChI is InChI=1S/C61H42N2/c1-5-17-43(18-6-1)45-29-33-49(34-30-45)63(50-35-31-46(32-36-50)44-19-7-2-8-20-44)52-37-39-55-53-25-13-15-27-57(53)61(60(55)42-52)58-28-16-14-26-54(58)56-41-51(38-40-59(56)61)62(47-21-9-3-10-22-47)48-23-11-4-12-24-48/h1-42H. The Morgan fingerprint density at radius 3 is 1.05 bits per heavy atom. The normalized spacial score (nSPS) is 14.1. The van der Waals surface area contributed by atoms with Crippen LogP contribution in [0.4, 0.5) is 34.1 Å². The summed E-state index contributed by atoms with van der Waals surface area (Å²) in [4.78, 5) is 4.79. The van der Waals surface area contributed by atoms with E-state index in [1.54, 1.807) is 0 Å². The van der Waals surface area contributed by atoms with Gasteiger partial charge in [0.2, 0.25) is 0 Å². The van der Waals surface area contributed by atoms with Gasteiger partial charge in [-0.2, -0.15) is 0 Å². The number of hydrogen-bond acceptors (Lipinski definition) is 2. The molecule has 0 saturated heterocycles. The second-order valence-corrected chi connectivity index (χ2v) is 16.5. The topological polar surface area (TPSA) is 6.48 Å². The number of fused-ring (bicyclic) bond motifs is 10. The summed E-state index contributed by atoms with van der Waals surface area (Å²) in [6.45, 7) is 0. The zero-order chi connectivity index (χ0) is 41.7. The third-order valence-corrected chi connectivity index (χ3v) is 13.1. The first-order valence-electron chi connectivity index (χ1n) is 21.8. The van der Waals surface area contributed by atoms with E-state index in [1.807, 2.05) is 0 Å². The molecule has 10 aromatic carbocycles. The van der Waals surface area contributed by atoms with E-state index in [2.05, 4.69) is 265 Å². The largest absolute Gasteiger partial charge is 0.310 e. The fourth-order valence-electron chi connectivity index (χ4n) is 10.3. The summed E-state index contributed by atoms with van der Waals surface area (Å²) in [5.74, 6) is 0. The Morgan fingerprint density at radius 1 is 0.206 bits per heavy atom. The molecule has 12 rings (SSSR count). The van der Waals surface area contributed by atoms with E-state index < -0.39 is 5.41 Å². The van der Waals surface area contributed by atoms with E-state index in [0.717, 1.165) is 34.1 Å². The smallest absolute Gasteiger partial charge is 0.0726 e. The lowest BCUT2D eigenvalue weighted by Gasteiger charge is -2.32. The van der Waals surface area contributed by atoms with Gasteiger partial charge in [0.25, 0.3) is 0 Å². The van der Waals surface area contributed by atoms with Crippen LogP contribution in [0.2, 0.25) is 0 Å². The minimum Gasteiger partial charge on any atom is -0.310 e. The molecule has 296 valence electrons. The summed E-state index contributed by atoms with van der Waals surface area (Å²) in [5.41, 5.74) is 21.3. The molecular weight excluding hydrogens is 761 g/mol. The second-order valence-electron chi connectivity index (χ2n) is 16.5. The van der Waals surface area contributed by atoms with Crippen molar-refractivity contribution in [3.05, 3.63) is 277 Å². The van der Waals surface area contributed by atoms with Crippen molar-refractivity contribution < 1.29 is 0 Å². The average Bonchev–Trinajstić information content (AvgIpc) is 3.82. The van der Waals surface area contributed by atoms with Crippen molar-refractivity contribution in [1.29, 1.82) is 0 Å². The Morgan fingerprint density at radius 2 is 0.540 bits per heavy atom. The number of hydrogen-bond donors (Lipinski definition) is 0. The van der Waals surface area contributed by atoms with Crippen LogP contribution < -0.4 is 9.80 Å². The predicted molar refractivity (Wildman–Crippen MR) is 263 cm³/mol. The molecule has 2 aliphatic rings. The monoisotopic (exact) mass is 802 g/mol. The fraction of sp³-hybridized carbons (Fsp3) is 0.0164. The highest BCUT2D eigenvalue weighted by molar-refractivity contribution is 5.97. The van der Waals surface area contributed by atoms with Gasteiger partial charge in [0.1, 0.15) is 0 Å². The zero-order valence-corrected chi connectivity index (χ0v) is 34.6. The van der Waals surface area contributed by atoms with Gasteiger partial charge in [-0.15, -0.1) is 0 Å². The van der Waals surface area contributed by atoms with Gasteiger partial charge < -0.3 is 9.80 Å². The minimum absolute atomic E-state index is 0.517. The summed E-state index contributed by atoms with van der Waals surface area (Å²) in [7, 11) is 0. The molecule has 0 heterocycles. The van der Waals surface area contributed by atoms with Crippen LogP contribution in [0.3, 0.4) is 0 Å². The fourth-order valence-corrected chi connectivity index (χ4v) is 10.3. The predicted octanol–water partition coefficient (Wildman–Crippen LogP) is 16.3. The van der Waals surface area contributed by atoms with Crippen LogP contribution in [0.15, 0.2) is 255 Å². The van der Waals surface area contributed by atoms with Crippen LogP contribution in [0, 0.1) is 0 Å². The van der Waals surface area contributed by atoms with Crippen molar-refractivity contribution in [2.45, 2.75) is 5.41 Å². The molecule has 1 atom stereocenters. The SMILES string of the molecule is c1ccc(-c2ccc(N(c3ccc(-c4ccccc4)cc3)c3ccc4c(c3)C3(c5ccccc5-c5cc(N(c6ccccc6)c6ccccc6)ccc53)c3ccccc3-4)cc2)cc1. The number of benzene rings is 10. The van der Waals surface area contributed by atoms with Crippen LogP contribution in [0.5, 0.6) is 0 Å². The molecule has 10 aromatic rings. The summed E-state index contributed by atoms with van der Waals surface area (Å²) in [5, 5.41) is 0. The van der Waals surface area contributed by atoms with Gasteiger partial charge in [0.15, 0.2) is 0 Å². The minimum atomic E-state index is -0.517. The van der Waals surface area contributed by atoms with Crippen LogP contribution >= 0.6 is 0 Å². The molecular formula is C61H42N2. The molecule has 1 unspecified atom stereocenters. The molecule has 0 aromatic heterocycles. The maximum atomic E-state index is 2.48. The molecule has 0 radical (unpaired) electrons. The van der Waals surface area contributed by atoms with Gasteiger partial charge in [-0.3, -0.25) is 0 Å². The Labute approximate surface area is 369 Å². The maximum absolute atomic E-state index is 2.48. The third kappa shape index (κ3) is 5.95. The summed E-state index contributed by atoms with van der Waals surface area (Å²) >= 11 is 0. The van der Waals surface area contributed by atoms with Crippen LogP contribution in [-0.4, -0.2) is 0 Å². The van der Waals surface area contributed by atoms with E-state index in [0.29, 0.717) is 0 Å². The first-order chi connectivity index (χ1) is 31.3. The average molecular weight is 803 g/mol. The number of rotatable bonds is 8. The number of anilines is 6. The van der Waals surface area contributed by atoms with Gasteiger partial charge in [-0.25, -0.2) is 0 Å². The highest BCUT2D eigenvalue weighted by Crippen LogP contribution is 2.64. The van der Waals surface area contributed by atoms with Gasteiger partial charge in [0.05, 0.1) is 5.41 Å². The first-order valence-corrected chi connectivity index (χ1v) is 21.8. The van der Waals surface area contributed by atoms with E-state index in [-0.39, 0.29) is 0 Å². The van der Waals surface area contributed by atoms with Gasteiger partial charge >= 0.3 is 0 Å². The van der Waals surface area contributed by atoms with Gasteiger partial charge in [-0.05, 0) is 140 Å². The van der Waals surface area contributed by atoms with Crippen molar-refractivity contribution in [3.8, 4) is 44.5 Å². The maximum Gasteiger partial charge on any atom is 0.0726 e. The summed E-state index contributed by atoms with van der Waals surface area (Å²) in [6.07, 6.45) is 0. The number of para-hydroxylation sites is 2. The molecule has 2 aliphatic carbocycles. The van der Waals surface area contributed by atoms with E-state index >= 15 is 0 Å². The molecule has 0 fully saturated rings. The molecule has 63 heavy (non-hydrogen) atoms. The molecule has 2 heteroatoms. The Bertz CT molecular complexity index is 3130. The molecule has 0 aliphatic heterocycles. The van der Waals surface area contributed by atoms with E-state index in [1.165, 1.54) is 66.8 Å². The lowest BCUT2D eigenvalue weighted by atomic mass is 9.70. The van der Waals surface area contributed by atoms with Crippen molar-refractivity contribution in [2.24, 2.45) is 0 Å². The van der Waals surface area contributed by atoms with Crippen molar-refractivity contribution in [3.63, 3.8) is 0 Å². The summed E-state index contributed by atoms with van der Waals surface area (Å²) in [6, 6.07) is 93.1. The third-order valence-electron chi connectivity index (χ3n) is 13.1. The van der Waals surface area contributed by atoms with Crippen molar-refractivity contribution >= 4 is 34.1 Å². The van der Waals surface area contributed by atoms with Crippen LogP contribution in [-0.2, 0) is 5.41 Å². The first kappa shape index (κ1) is 36.6. The molecule has 0 amide bonds. The molecule has 0 saturated carbocycles. The molecule has 2 nitrogen and oxygen atoms in total. The lowest BCUT2D eigenvalue weighted by Crippen LogP contribution is -2.26. The van der Waals surface area contributed by atoms with Gasteiger partial charge in [-0.1, -0.05) is 182 Å². The Balaban J connectivity index is 1.05. The van der Waals surface area contributed by atoms with Crippen molar-refractivity contribution in [2.75, 3.05) is 9.80 Å². The van der Waals surface area contributed by atoms with Gasteiger partial charge in [0, 0.05) is 34.1 Å². The van der Waals surface area contributed by atoms with E-state index in [4.69, 9.17) is 0 Å². The van der Waals surface area contributed by atoms with Crippen molar-refractivity contribution in [1.82, 2.24) is 0 Å². The molecule has 0 bridgehead atoms. The molecule has 1 spiro atoms. The summed E-state index contributed by atoms with van der Waals surface area (Å²) < 4.78 is 0. The van der Waals surface area contributed by atoms with Crippen LogP contribution in [0.1, 0.15) is 22.3 Å². The van der Waals surface area contributed by atoms with E-state index in [9.17, 15) is 0 Å². The quantitative estimate of drug-likeness (QED) is 0.151. The highest BCUT2D eigenvalue weighted by atomic mass is 15.1. The Hall–Kier alpha value is -8.20. The second kappa shape index (κ2) is 15.1. The van der Waals surface area contributed by atoms with Crippen LogP contribution in [0.25, 0.3) is 44.5 Å². The lowest BCUT2D eigenvalue weighted by molar-refractivity contribution is 0.793. The zero-order valence-electron chi connectivity index (χ0n) is 34.6. The highest BCUT2D eigenvalue weighted by Gasteiger charge is 2.52. The molecule has 0 N–H and O–H groups in total. The number of nitrogens with zero attached hydrogens (tertiary/aromatic N) is 2.